The number of aromatic nitrogens is 1. The molecule has 3 N–H and O–H groups in total. The predicted octanol–water partition coefficient (Wildman–Crippen LogP) is 1.81. The van der Waals surface area contributed by atoms with Gasteiger partial charge < -0.3 is 14.8 Å². The Hall–Kier alpha value is -4.26. The Labute approximate surface area is 176 Å². The summed E-state index contributed by atoms with van der Waals surface area (Å²) < 4.78 is 1.70. The van der Waals surface area contributed by atoms with Crippen LogP contribution in [0.4, 0.5) is 10.5 Å². The van der Waals surface area contributed by atoms with Crippen LogP contribution in [0.25, 0.3) is 17.0 Å². The lowest BCUT2D eigenvalue weighted by Gasteiger charge is -2.26. The maximum atomic E-state index is 13.1. The van der Waals surface area contributed by atoms with E-state index in [1.807, 2.05) is 18.2 Å². The maximum Gasteiger partial charge on any atom is 0.335 e. The first-order chi connectivity index (χ1) is 14.9. The number of imide groups is 2. The van der Waals surface area contributed by atoms with Crippen molar-refractivity contribution in [1.82, 2.24) is 9.88 Å². The summed E-state index contributed by atoms with van der Waals surface area (Å²) in [5, 5.41) is 30.4. The van der Waals surface area contributed by atoms with Gasteiger partial charge in [-0.2, -0.15) is 5.26 Å². The number of nitrogens with zero attached hydrogens (tertiary/aromatic N) is 3. The third kappa shape index (κ3) is 3.57. The molecule has 2 aromatic carbocycles. The molecule has 154 valence electrons. The number of barbiturate groups is 1. The van der Waals surface area contributed by atoms with Crippen molar-refractivity contribution in [3.8, 4) is 6.07 Å². The number of hydrogen-bond acceptors (Lipinski definition) is 6. The van der Waals surface area contributed by atoms with E-state index >= 15 is 0 Å². The third-order valence-corrected chi connectivity index (χ3v) is 4.91. The lowest BCUT2D eigenvalue weighted by molar-refractivity contribution is -0.122. The van der Waals surface area contributed by atoms with Crippen LogP contribution in [0.15, 0.2) is 60.3 Å². The van der Waals surface area contributed by atoms with Crippen molar-refractivity contribution in [3.63, 3.8) is 0 Å². The molecule has 1 aliphatic rings. The number of carbonyl (C=O) groups is 3. The largest absolute Gasteiger partial charge is 0.364 e. The van der Waals surface area contributed by atoms with E-state index in [1.54, 1.807) is 16.8 Å². The molecule has 0 saturated carbocycles. The van der Waals surface area contributed by atoms with Crippen LogP contribution in [0.1, 0.15) is 17.4 Å². The molecule has 4 rings (SSSR count). The van der Waals surface area contributed by atoms with Crippen molar-refractivity contribution >= 4 is 40.5 Å². The number of aliphatic hydroxyl groups is 2. The van der Waals surface area contributed by atoms with Crippen molar-refractivity contribution in [2.24, 2.45) is 0 Å². The van der Waals surface area contributed by atoms with Crippen molar-refractivity contribution in [2.75, 3.05) is 4.90 Å². The fourth-order valence-corrected chi connectivity index (χ4v) is 3.44. The number of fused-ring (bicyclic) bond motifs is 1. The highest BCUT2D eigenvalue weighted by Gasteiger charge is 2.37. The minimum atomic E-state index is -1.69. The van der Waals surface area contributed by atoms with E-state index in [2.05, 4.69) is 11.4 Å². The second-order valence-corrected chi connectivity index (χ2v) is 6.81. The van der Waals surface area contributed by atoms with Gasteiger partial charge in [0.25, 0.3) is 11.8 Å². The first-order valence-electron chi connectivity index (χ1n) is 9.23. The maximum absolute atomic E-state index is 13.1. The zero-order chi connectivity index (χ0) is 22.1. The van der Waals surface area contributed by atoms with Gasteiger partial charge in [-0.3, -0.25) is 14.9 Å². The number of rotatable bonds is 4. The molecule has 0 bridgehead atoms. The molecule has 9 heteroatoms. The number of carbonyl (C=O) groups excluding carboxylic acids is 3. The second-order valence-electron chi connectivity index (χ2n) is 6.81. The monoisotopic (exact) mass is 416 g/mol. The Kier molecular flexibility index (Phi) is 5.09. The Morgan fingerprint density at radius 1 is 1.06 bits per heavy atom. The SMILES string of the molecule is N#CCn1cc(/C=C2/C(=O)NC(=O)N(c3ccc(C(O)O)cc3)C2=O)c2ccccc21. The first kappa shape index (κ1) is 20.0. The van der Waals surface area contributed by atoms with E-state index in [-0.39, 0.29) is 23.4 Å². The zero-order valence-corrected chi connectivity index (χ0v) is 16.0. The van der Waals surface area contributed by atoms with E-state index in [0.29, 0.717) is 5.56 Å². The van der Waals surface area contributed by atoms with Crippen LogP contribution in [-0.2, 0) is 16.1 Å². The van der Waals surface area contributed by atoms with E-state index in [0.717, 1.165) is 15.8 Å². The van der Waals surface area contributed by atoms with Gasteiger partial charge >= 0.3 is 6.03 Å². The lowest BCUT2D eigenvalue weighted by Crippen LogP contribution is -2.54. The smallest absolute Gasteiger partial charge is 0.335 e. The number of amides is 4. The van der Waals surface area contributed by atoms with Crippen LogP contribution in [0.3, 0.4) is 0 Å². The van der Waals surface area contributed by atoms with E-state index < -0.39 is 24.1 Å². The summed E-state index contributed by atoms with van der Waals surface area (Å²) >= 11 is 0. The standard InChI is InChI=1S/C22H16N4O5/c23-9-10-25-12-14(16-3-1-2-4-18(16)25)11-17-19(27)24-22(31)26(20(17)28)15-7-5-13(6-8-15)21(29)30/h1-8,11-12,21,29-30H,10H2,(H,24,27,31)/b17-11-. The topological polar surface area (TPSA) is 136 Å². The quantitative estimate of drug-likeness (QED) is 0.337. The molecular formula is C22H16N4O5. The fourth-order valence-electron chi connectivity index (χ4n) is 3.44. The Morgan fingerprint density at radius 2 is 1.77 bits per heavy atom. The molecule has 0 aliphatic carbocycles. The highest BCUT2D eigenvalue weighted by molar-refractivity contribution is 6.39. The van der Waals surface area contributed by atoms with Gasteiger partial charge in [-0.15, -0.1) is 0 Å². The van der Waals surface area contributed by atoms with Crippen molar-refractivity contribution in [1.29, 1.82) is 5.26 Å². The summed E-state index contributed by atoms with van der Waals surface area (Å²) in [5.41, 5.74) is 1.43. The van der Waals surface area contributed by atoms with Gasteiger partial charge in [0.2, 0.25) is 0 Å². The summed E-state index contributed by atoms with van der Waals surface area (Å²) in [6.07, 6.45) is 1.36. The van der Waals surface area contributed by atoms with Crippen LogP contribution >= 0.6 is 0 Å². The van der Waals surface area contributed by atoms with Crippen LogP contribution < -0.4 is 10.2 Å². The lowest BCUT2D eigenvalue weighted by atomic mass is 10.1. The molecule has 0 spiro atoms. The molecule has 0 unspecified atom stereocenters. The molecule has 4 amide bonds. The number of nitriles is 1. The number of anilines is 1. The van der Waals surface area contributed by atoms with Gasteiger partial charge in [0.05, 0.1) is 11.8 Å². The first-order valence-corrected chi connectivity index (χ1v) is 9.23. The van der Waals surface area contributed by atoms with E-state index in [1.165, 1.54) is 30.3 Å². The molecule has 3 aromatic rings. The van der Waals surface area contributed by atoms with Crippen LogP contribution in [0.5, 0.6) is 0 Å². The van der Waals surface area contributed by atoms with Crippen molar-refractivity contribution in [2.45, 2.75) is 12.8 Å². The summed E-state index contributed by atoms with van der Waals surface area (Å²) in [6.45, 7) is 0.0947. The highest BCUT2D eigenvalue weighted by Crippen LogP contribution is 2.27. The average Bonchev–Trinajstić information content (AvgIpc) is 3.09. The molecule has 0 radical (unpaired) electrons. The van der Waals surface area contributed by atoms with Gasteiger partial charge in [0, 0.05) is 28.2 Å². The molecule has 2 heterocycles. The highest BCUT2D eigenvalue weighted by atomic mass is 16.5. The number of urea groups is 1. The number of hydrogen-bond donors (Lipinski definition) is 3. The van der Waals surface area contributed by atoms with E-state index in [4.69, 9.17) is 5.26 Å². The number of nitrogens with one attached hydrogen (secondary N) is 1. The molecule has 1 aromatic heterocycles. The molecule has 9 nitrogen and oxygen atoms in total. The molecule has 0 atom stereocenters. The predicted molar refractivity (Wildman–Crippen MR) is 110 cm³/mol. The van der Waals surface area contributed by atoms with Crippen molar-refractivity contribution < 1.29 is 24.6 Å². The molecule has 1 aliphatic heterocycles. The van der Waals surface area contributed by atoms with Crippen molar-refractivity contribution in [3.05, 3.63) is 71.4 Å². The van der Waals surface area contributed by atoms with Crippen LogP contribution in [0.2, 0.25) is 0 Å². The summed E-state index contributed by atoms with van der Waals surface area (Å²) in [6, 6.07) is 13.9. The number of aliphatic hydroxyl groups excluding tert-OH is 1. The molecule has 1 fully saturated rings. The second kappa shape index (κ2) is 7.87. The van der Waals surface area contributed by atoms with Gasteiger partial charge in [0.1, 0.15) is 12.1 Å². The average molecular weight is 416 g/mol. The molecular weight excluding hydrogens is 400 g/mol. The Balaban J connectivity index is 1.77. The Morgan fingerprint density at radius 3 is 2.45 bits per heavy atom. The summed E-state index contributed by atoms with van der Waals surface area (Å²) in [7, 11) is 0. The van der Waals surface area contributed by atoms with Gasteiger partial charge in [0.15, 0.2) is 6.29 Å². The summed E-state index contributed by atoms with van der Waals surface area (Å²) in [5.74, 6) is -1.64. The molecule has 31 heavy (non-hydrogen) atoms. The normalized spacial score (nSPS) is 15.6. The van der Waals surface area contributed by atoms with Crippen LogP contribution in [-0.4, -0.2) is 32.6 Å². The van der Waals surface area contributed by atoms with Gasteiger partial charge in [-0.25, -0.2) is 9.69 Å². The number of benzene rings is 2. The minimum absolute atomic E-state index is 0.0947. The molecule has 1 saturated heterocycles. The number of para-hydroxylation sites is 1. The summed E-state index contributed by atoms with van der Waals surface area (Å²) in [4.78, 5) is 38.6. The zero-order valence-electron chi connectivity index (χ0n) is 16.0. The Bertz CT molecular complexity index is 1280. The minimum Gasteiger partial charge on any atom is -0.364 e. The van der Waals surface area contributed by atoms with Crippen LogP contribution in [0, 0.1) is 11.3 Å². The third-order valence-electron chi connectivity index (χ3n) is 4.91. The fraction of sp³-hybridized carbons (Fsp3) is 0.0909. The van der Waals surface area contributed by atoms with Gasteiger partial charge in [-0.05, 0) is 24.3 Å². The van der Waals surface area contributed by atoms with Gasteiger partial charge in [-0.1, -0.05) is 30.3 Å². The van der Waals surface area contributed by atoms with E-state index in [9.17, 15) is 24.6 Å².